The van der Waals surface area contributed by atoms with Crippen molar-refractivity contribution in [2.45, 2.75) is 6.92 Å². The molecule has 1 aromatic heterocycles. The molecule has 0 unspecified atom stereocenters. The van der Waals surface area contributed by atoms with Crippen molar-refractivity contribution in [1.82, 2.24) is 9.97 Å². The lowest BCUT2D eigenvalue weighted by Gasteiger charge is -2.23. The zero-order valence-corrected chi connectivity index (χ0v) is 9.52. The van der Waals surface area contributed by atoms with E-state index in [1.165, 1.54) is 0 Å². The summed E-state index contributed by atoms with van der Waals surface area (Å²) >= 11 is 0. The van der Waals surface area contributed by atoms with Crippen molar-refractivity contribution >= 4 is 23.7 Å². The van der Waals surface area contributed by atoms with Crippen molar-refractivity contribution in [3.63, 3.8) is 0 Å². The summed E-state index contributed by atoms with van der Waals surface area (Å²) in [6.07, 6.45) is 1.88. The summed E-state index contributed by atoms with van der Waals surface area (Å²) in [4.78, 5) is 17.2. The molecule has 0 saturated carbocycles. The number of aromatic nitrogens is 2. The van der Waals surface area contributed by atoms with E-state index < -0.39 is 0 Å². The molecule has 15 heavy (non-hydrogen) atoms. The first-order chi connectivity index (χ1) is 7.09. The van der Waals surface area contributed by atoms with Crippen molar-refractivity contribution in [2.24, 2.45) is 4.99 Å². The molecule has 1 aliphatic heterocycles. The lowest BCUT2D eigenvalue weighted by Crippen LogP contribution is -2.25. The smallest absolute Gasteiger partial charge is 0.227 e. The molecule has 0 N–H and O–H groups in total. The first kappa shape index (κ1) is 9.89. The molecule has 0 amide bonds. The first-order valence-corrected chi connectivity index (χ1v) is 4.89. The van der Waals surface area contributed by atoms with Crippen LogP contribution in [0.5, 0.6) is 0 Å². The summed E-state index contributed by atoms with van der Waals surface area (Å²) in [6.45, 7) is 2.76. The van der Waals surface area contributed by atoms with Gasteiger partial charge in [-0.3, -0.25) is 4.99 Å². The molecule has 2 heterocycles. The van der Waals surface area contributed by atoms with E-state index in [4.69, 9.17) is 0 Å². The van der Waals surface area contributed by atoms with Gasteiger partial charge in [-0.15, -0.1) is 0 Å². The van der Waals surface area contributed by atoms with Crippen molar-refractivity contribution < 1.29 is 0 Å². The zero-order chi connectivity index (χ0) is 11.0. The predicted molar refractivity (Wildman–Crippen MR) is 62.5 cm³/mol. The molecule has 0 bridgehead atoms. The minimum atomic E-state index is 0.732. The van der Waals surface area contributed by atoms with Gasteiger partial charge in [-0.25, -0.2) is 4.98 Å². The molecule has 0 aliphatic carbocycles. The topological polar surface area (TPSA) is 44.6 Å². The Morgan fingerprint density at radius 1 is 1.33 bits per heavy atom. The molecular formula is C10H15N5. The van der Waals surface area contributed by atoms with Gasteiger partial charge in [-0.1, -0.05) is 0 Å². The maximum atomic E-state index is 4.48. The molecule has 5 heteroatoms. The third-order valence-corrected chi connectivity index (χ3v) is 2.37. The van der Waals surface area contributed by atoms with Gasteiger partial charge in [0.15, 0.2) is 5.82 Å². The van der Waals surface area contributed by atoms with Gasteiger partial charge in [0, 0.05) is 27.4 Å². The van der Waals surface area contributed by atoms with E-state index >= 15 is 0 Å². The van der Waals surface area contributed by atoms with E-state index in [-0.39, 0.29) is 0 Å². The second-order valence-electron chi connectivity index (χ2n) is 3.87. The second kappa shape index (κ2) is 3.49. The summed E-state index contributed by atoms with van der Waals surface area (Å²) in [5, 5.41) is 0. The highest BCUT2D eigenvalue weighted by Crippen LogP contribution is 2.31. The molecule has 0 aromatic carbocycles. The average Bonchev–Trinajstić information content (AvgIpc) is 2.19. The maximum absolute atomic E-state index is 4.48. The maximum Gasteiger partial charge on any atom is 0.227 e. The number of fused-ring (bicyclic) bond motifs is 1. The Labute approximate surface area is 89.5 Å². The molecule has 80 valence electrons. The van der Waals surface area contributed by atoms with Crippen LogP contribution in [0.3, 0.4) is 0 Å². The van der Waals surface area contributed by atoms with E-state index in [0.29, 0.717) is 0 Å². The van der Waals surface area contributed by atoms with E-state index in [1.807, 2.05) is 39.2 Å². The third-order valence-electron chi connectivity index (χ3n) is 2.37. The van der Waals surface area contributed by atoms with Gasteiger partial charge in [0.05, 0.1) is 12.2 Å². The van der Waals surface area contributed by atoms with Crippen LogP contribution in [0.4, 0.5) is 17.5 Å². The van der Waals surface area contributed by atoms with Gasteiger partial charge in [-0.2, -0.15) is 4.98 Å². The lowest BCUT2D eigenvalue weighted by molar-refractivity contribution is 0.928. The molecule has 0 atom stereocenters. The summed E-state index contributed by atoms with van der Waals surface area (Å²) < 4.78 is 0. The molecule has 0 saturated heterocycles. The van der Waals surface area contributed by atoms with Gasteiger partial charge in [0.1, 0.15) is 5.69 Å². The van der Waals surface area contributed by atoms with Gasteiger partial charge in [0.2, 0.25) is 5.95 Å². The largest absolute Gasteiger partial charge is 0.352 e. The first-order valence-electron chi connectivity index (χ1n) is 4.89. The molecule has 1 aromatic rings. The van der Waals surface area contributed by atoms with Gasteiger partial charge in [-0.05, 0) is 6.92 Å². The molecule has 2 rings (SSSR count). The Balaban J connectivity index is 2.58. The Kier molecular flexibility index (Phi) is 2.30. The van der Waals surface area contributed by atoms with Crippen LogP contribution >= 0.6 is 0 Å². The Hall–Kier alpha value is -1.65. The Bertz CT molecular complexity index is 411. The number of rotatable bonds is 1. The number of aliphatic imine (C=N–C) groups is 1. The molecule has 5 nitrogen and oxygen atoms in total. The summed E-state index contributed by atoms with van der Waals surface area (Å²) in [5.74, 6) is 1.64. The van der Waals surface area contributed by atoms with Crippen LogP contribution in [0.1, 0.15) is 5.69 Å². The molecule has 0 spiro atoms. The highest BCUT2D eigenvalue weighted by Gasteiger charge is 2.17. The van der Waals surface area contributed by atoms with E-state index in [9.17, 15) is 0 Å². The third kappa shape index (κ3) is 1.65. The van der Waals surface area contributed by atoms with E-state index in [2.05, 4.69) is 19.9 Å². The summed E-state index contributed by atoms with van der Waals surface area (Å²) in [7, 11) is 5.89. The number of anilines is 2. The normalized spacial score (nSPS) is 14.0. The van der Waals surface area contributed by atoms with Crippen molar-refractivity contribution in [2.75, 3.05) is 37.5 Å². The van der Waals surface area contributed by atoms with Gasteiger partial charge >= 0.3 is 0 Å². The van der Waals surface area contributed by atoms with Crippen LogP contribution in [0, 0.1) is 6.92 Å². The monoisotopic (exact) mass is 205 g/mol. The SMILES string of the molecule is Cc1nc(N(C)C)nc2c1N=CCN2C. The van der Waals surface area contributed by atoms with Crippen LogP contribution in [0.25, 0.3) is 0 Å². The van der Waals surface area contributed by atoms with Gasteiger partial charge < -0.3 is 9.80 Å². The van der Waals surface area contributed by atoms with Crippen LogP contribution in [-0.2, 0) is 0 Å². The highest BCUT2D eigenvalue weighted by molar-refractivity contribution is 5.80. The van der Waals surface area contributed by atoms with Crippen LogP contribution < -0.4 is 9.80 Å². The summed E-state index contributed by atoms with van der Waals surface area (Å²) in [6, 6.07) is 0. The number of hydrogen-bond donors (Lipinski definition) is 0. The number of aryl methyl sites for hydroxylation is 1. The van der Waals surface area contributed by atoms with E-state index in [0.717, 1.165) is 29.7 Å². The van der Waals surface area contributed by atoms with Crippen LogP contribution in [0.2, 0.25) is 0 Å². The summed E-state index contributed by atoms with van der Waals surface area (Å²) in [5.41, 5.74) is 1.81. The molecular weight excluding hydrogens is 190 g/mol. The lowest BCUT2D eigenvalue weighted by atomic mass is 10.3. The fourth-order valence-corrected chi connectivity index (χ4v) is 1.50. The molecule has 1 aliphatic rings. The minimum Gasteiger partial charge on any atom is -0.352 e. The highest BCUT2D eigenvalue weighted by atomic mass is 15.3. The minimum absolute atomic E-state index is 0.732. The Morgan fingerprint density at radius 3 is 2.73 bits per heavy atom. The molecule has 0 fully saturated rings. The standard InChI is InChI=1S/C10H15N5/c1-7-8-9(15(4)6-5-11-8)13-10(12-7)14(2)3/h5H,6H2,1-4H3. The molecule has 0 radical (unpaired) electrons. The Morgan fingerprint density at radius 2 is 2.07 bits per heavy atom. The van der Waals surface area contributed by atoms with Crippen molar-refractivity contribution in [1.29, 1.82) is 0 Å². The second-order valence-corrected chi connectivity index (χ2v) is 3.87. The predicted octanol–water partition coefficient (Wildman–Crippen LogP) is 1.00. The van der Waals surface area contributed by atoms with Crippen molar-refractivity contribution in [3.05, 3.63) is 5.69 Å². The van der Waals surface area contributed by atoms with Crippen LogP contribution in [-0.4, -0.2) is 43.9 Å². The average molecular weight is 205 g/mol. The van der Waals surface area contributed by atoms with E-state index in [1.54, 1.807) is 0 Å². The fourth-order valence-electron chi connectivity index (χ4n) is 1.50. The van der Waals surface area contributed by atoms with Gasteiger partial charge in [0.25, 0.3) is 0 Å². The number of hydrogen-bond acceptors (Lipinski definition) is 5. The van der Waals surface area contributed by atoms with Crippen molar-refractivity contribution in [3.8, 4) is 0 Å². The fraction of sp³-hybridized carbons (Fsp3) is 0.500. The van der Waals surface area contributed by atoms with Crippen LogP contribution in [0.15, 0.2) is 4.99 Å². The quantitative estimate of drug-likeness (QED) is 0.686. The number of nitrogens with zero attached hydrogens (tertiary/aromatic N) is 5. The zero-order valence-electron chi connectivity index (χ0n) is 9.52.